The summed E-state index contributed by atoms with van der Waals surface area (Å²) < 4.78 is 0. The van der Waals surface area contributed by atoms with Crippen molar-refractivity contribution >= 4 is 39.2 Å². The number of Topliss-reactive ketones (excluding diaryl/α,β-unsaturated/α-hetero) is 1. The number of hydrogen-bond donors (Lipinski definition) is 0. The smallest absolute Gasteiger partial charge is 0.173 e. The van der Waals surface area contributed by atoms with Crippen LogP contribution in [0.2, 0.25) is 0 Å². The van der Waals surface area contributed by atoms with Crippen LogP contribution < -0.4 is 0 Å². The summed E-state index contributed by atoms with van der Waals surface area (Å²) in [4.78, 5) is 18.2. The van der Waals surface area contributed by atoms with Gasteiger partial charge in [0.15, 0.2) is 5.78 Å². The summed E-state index contributed by atoms with van der Waals surface area (Å²) in [5.41, 5.74) is 1.74. The Kier molecular flexibility index (Phi) is 4.01. The molecule has 0 bridgehead atoms. The lowest BCUT2D eigenvalue weighted by Gasteiger charge is -2.07. The summed E-state index contributed by atoms with van der Waals surface area (Å²) in [5.74, 6) is 0.550. The van der Waals surface area contributed by atoms with Gasteiger partial charge in [-0.05, 0) is 22.9 Å². The molecule has 0 aliphatic heterocycles. The molecule has 0 spiro atoms. The van der Waals surface area contributed by atoms with E-state index in [4.69, 9.17) is 0 Å². The lowest BCUT2D eigenvalue weighted by molar-refractivity contribution is 0.102. The second-order valence-corrected chi connectivity index (χ2v) is 6.59. The molecule has 0 saturated carbocycles. The van der Waals surface area contributed by atoms with E-state index in [9.17, 15) is 4.79 Å². The zero-order valence-corrected chi connectivity index (χ0v) is 13.8. The van der Waals surface area contributed by atoms with E-state index >= 15 is 0 Å². The van der Waals surface area contributed by atoms with Crippen molar-refractivity contribution in [3.63, 3.8) is 0 Å². The second kappa shape index (κ2) is 6.46. The molecule has 0 radical (unpaired) electrons. The molecule has 1 heterocycles. The van der Waals surface area contributed by atoms with Crippen LogP contribution >= 0.6 is 11.8 Å². The fraction of sp³-hybridized carbons (Fsp3) is 0.0476. The van der Waals surface area contributed by atoms with Gasteiger partial charge in [0.1, 0.15) is 0 Å². The molecular formula is C21H15NOS. The van der Waals surface area contributed by atoms with Crippen molar-refractivity contribution in [3.05, 3.63) is 84.6 Å². The van der Waals surface area contributed by atoms with Gasteiger partial charge in [-0.15, -0.1) is 11.8 Å². The number of rotatable bonds is 4. The predicted molar refractivity (Wildman–Crippen MR) is 101 cm³/mol. The predicted octanol–water partition coefficient (Wildman–Crippen LogP) is 5.36. The Bertz CT molecular complexity index is 1030. The van der Waals surface area contributed by atoms with Crippen molar-refractivity contribution in [1.29, 1.82) is 0 Å². The Balaban J connectivity index is 1.62. The Morgan fingerprint density at radius 2 is 1.58 bits per heavy atom. The number of thioether (sulfide) groups is 1. The van der Waals surface area contributed by atoms with Crippen LogP contribution in [0.4, 0.5) is 0 Å². The van der Waals surface area contributed by atoms with Crippen LogP contribution in [0.25, 0.3) is 21.7 Å². The molecule has 0 N–H and O–H groups in total. The van der Waals surface area contributed by atoms with Gasteiger partial charge in [-0.1, -0.05) is 60.7 Å². The lowest BCUT2D eigenvalue weighted by atomic mass is 10.0. The lowest BCUT2D eigenvalue weighted by Crippen LogP contribution is -2.03. The fourth-order valence-electron chi connectivity index (χ4n) is 2.88. The van der Waals surface area contributed by atoms with E-state index < -0.39 is 0 Å². The first-order chi connectivity index (χ1) is 11.8. The molecule has 3 aromatic carbocycles. The van der Waals surface area contributed by atoms with Crippen LogP contribution in [-0.4, -0.2) is 16.5 Å². The van der Waals surface area contributed by atoms with Gasteiger partial charge in [-0.25, -0.2) is 0 Å². The summed E-state index contributed by atoms with van der Waals surface area (Å²) in [7, 11) is 0. The molecule has 0 saturated heterocycles. The SMILES string of the molecule is O=C(CSc1cccc2cccnc12)c1cccc2ccccc12. The standard InChI is InChI=1S/C21H15NOS/c23-19(18-11-3-7-15-6-1-2-10-17(15)18)14-24-20-12-4-8-16-9-5-13-22-21(16)20/h1-13H,14H2. The average molecular weight is 329 g/mol. The first kappa shape index (κ1) is 14.9. The number of benzene rings is 3. The molecule has 0 aliphatic rings. The van der Waals surface area contributed by atoms with E-state index in [2.05, 4.69) is 4.98 Å². The highest BCUT2D eigenvalue weighted by atomic mass is 32.2. The third-order valence-electron chi connectivity index (χ3n) is 4.04. The van der Waals surface area contributed by atoms with Crippen LogP contribution in [0.15, 0.2) is 83.9 Å². The monoisotopic (exact) mass is 329 g/mol. The van der Waals surface area contributed by atoms with Gasteiger partial charge in [0.2, 0.25) is 0 Å². The minimum atomic E-state index is 0.143. The summed E-state index contributed by atoms with van der Waals surface area (Å²) in [6, 6.07) is 23.9. The molecule has 24 heavy (non-hydrogen) atoms. The maximum absolute atomic E-state index is 12.7. The van der Waals surface area contributed by atoms with Crippen molar-refractivity contribution in [1.82, 2.24) is 4.98 Å². The van der Waals surface area contributed by atoms with Gasteiger partial charge in [0.25, 0.3) is 0 Å². The molecule has 116 valence electrons. The molecule has 4 aromatic rings. The number of fused-ring (bicyclic) bond motifs is 2. The molecule has 0 atom stereocenters. The van der Waals surface area contributed by atoms with Gasteiger partial charge in [-0.3, -0.25) is 9.78 Å². The van der Waals surface area contributed by atoms with Crippen LogP contribution in [-0.2, 0) is 0 Å². The third-order valence-corrected chi connectivity index (χ3v) is 5.09. The summed E-state index contributed by atoms with van der Waals surface area (Å²) in [6.07, 6.45) is 1.79. The molecule has 0 unspecified atom stereocenters. The van der Waals surface area contributed by atoms with Crippen molar-refractivity contribution in [2.45, 2.75) is 4.90 Å². The largest absolute Gasteiger partial charge is 0.293 e. The van der Waals surface area contributed by atoms with E-state index in [-0.39, 0.29) is 5.78 Å². The number of nitrogens with zero attached hydrogens (tertiary/aromatic N) is 1. The van der Waals surface area contributed by atoms with Gasteiger partial charge in [-0.2, -0.15) is 0 Å². The number of para-hydroxylation sites is 1. The Morgan fingerprint density at radius 3 is 2.54 bits per heavy atom. The normalized spacial score (nSPS) is 11.0. The summed E-state index contributed by atoms with van der Waals surface area (Å²) >= 11 is 1.55. The molecule has 0 amide bonds. The number of carbonyl (C=O) groups excluding carboxylic acids is 1. The van der Waals surface area contributed by atoms with Crippen molar-refractivity contribution < 1.29 is 4.79 Å². The highest BCUT2D eigenvalue weighted by Gasteiger charge is 2.11. The van der Waals surface area contributed by atoms with E-state index in [1.54, 1.807) is 18.0 Å². The maximum Gasteiger partial charge on any atom is 0.173 e. The van der Waals surface area contributed by atoms with E-state index in [0.717, 1.165) is 32.1 Å². The van der Waals surface area contributed by atoms with Crippen LogP contribution in [0.5, 0.6) is 0 Å². The number of pyridine rings is 1. The maximum atomic E-state index is 12.7. The molecule has 2 nitrogen and oxygen atoms in total. The average Bonchev–Trinajstić information content (AvgIpc) is 2.65. The van der Waals surface area contributed by atoms with Crippen molar-refractivity contribution in [2.24, 2.45) is 0 Å². The minimum absolute atomic E-state index is 0.143. The van der Waals surface area contributed by atoms with Crippen LogP contribution in [0.3, 0.4) is 0 Å². The Morgan fingerprint density at radius 1 is 0.833 bits per heavy atom. The summed E-state index contributed by atoms with van der Waals surface area (Å²) in [5, 5.41) is 3.21. The zero-order valence-electron chi connectivity index (χ0n) is 13.0. The van der Waals surface area contributed by atoms with Crippen molar-refractivity contribution in [2.75, 3.05) is 5.75 Å². The van der Waals surface area contributed by atoms with Gasteiger partial charge in [0.05, 0.1) is 11.3 Å². The highest BCUT2D eigenvalue weighted by molar-refractivity contribution is 8.00. The Hall–Kier alpha value is -2.65. The quantitative estimate of drug-likeness (QED) is 0.373. The van der Waals surface area contributed by atoms with Gasteiger partial charge < -0.3 is 0 Å². The van der Waals surface area contributed by atoms with Crippen molar-refractivity contribution in [3.8, 4) is 0 Å². The number of carbonyl (C=O) groups is 1. The first-order valence-electron chi connectivity index (χ1n) is 7.80. The van der Waals surface area contributed by atoms with Gasteiger partial charge in [0, 0.05) is 22.0 Å². The van der Waals surface area contributed by atoms with Gasteiger partial charge >= 0.3 is 0 Å². The number of ketones is 1. The van der Waals surface area contributed by atoms with E-state index in [1.807, 2.05) is 72.8 Å². The molecule has 1 aromatic heterocycles. The first-order valence-corrected chi connectivity index (χ1v) is 8.79. The molecular weight excluding hydrogens is 314 g/mol. The topological polar surface area (TPSA) is 30.0 Å². The second-order valence-electron chi connectivity index (χ2n) is 5.57. The zero-order chi connectivity index (χ0) is 16.4. The van der Waals surface area contributed by atoms with E-state index in [0.29, 0.717) is 5.75 Å². The fourth-order valence-corrected chi connectivity index (χ4v) is 3.81. The molecule has 4 rings (SSSR count). The molecule has 0 fully saturated rings. The van der Waals surface area contributed by atoms with E-state index in [1.165, 1.54) is 0 Å². The minimum Gasteiger partial charge on any atom is -0.293 e. The molecule has 3 heteroatoms. The number of aromatic nitrogens is 1. The highest BCUT2D eigenvalue weighted by Crippen LogP contribution is 2.28. The molecule has 0 aliphatic carbocycles. The Labute approximate surface area is 144 Å². The number of hydrogen-bond acceptors (Lipinski definition) is 3. The summed E-state index contributed by atoms with van der Waals surface area (Å²) in [6.45, 7) is 0. The van der Waals surface area contributed by atoms with Crippen LogP contribution in [0.1, 0.15) is 10.4 Å². The third kappa shape index (κ3) is 2.79. The van der Waals surface area contributed by atoms with Crippen LogP contribution in [0, 0.1) is 0 Å².